The number of imidazole rings is 1. The highest BCUT2D eigenvalue weighted by atomic mass is 35.5. The van der Waals surface area contributed by atoms with Gasteiger partial charge in [0.25, 0.3) is 5.88 Å². The largest absolute Gasteiger partial charge is 0.478 e. The van der Waals surface area contributed by atoms with E-state index in [1.54, 1.807) is 43.6 Å². The van der Waals surface area contributed by atoms with Crippen LogP contribution in [0, 0.1) is 11.6 Å². The monoisotopic (exact) mass is 631 g/mol. The maximum absolute atomic E-state index is 15.5. The van der Waals surface area contributed by atoms with Gasteiger partial charge in [-0.2, -0.15) is 0 Å². The summed E-state index contributed by atoms with van der Waals surface area (Å²) >= 11 is 6.37. The second kappa shape index (κ2) is 12.8. The first kappa shape index (κ1) is 29.8. The number of aromatic nitrogens is 7. The fourth-order valence-corrected chi connectivity index (χ4v) is 4.94. The SMILES string of the molecule is COCCn1c(Cc2ccc(-c3ccc(F)c(OCc4cnc(-n5ccnn5)cc4Cl)n3)cc2F)nc2ccc(C(=O)O)cc21. The Hall–Kier alpha value is -5.27. The maximum Gasteiger partial charge on any atom is 0.335 e. The van der Waals surface area contributed by atoms with Crippen LogP contribution in [0.1, 0.15) is 27.3 Å². The van der Waals surface area contributed by atoms with Crippen LogP contribution < -0.4 is 4.74 Å². The smallest absolute Gasteiger partial charge is 0.335 e. The average Bonchev–Trinajstić information content (AvgIpc) is 3.69. The van der Waals surface area contributed by atoms with Crippen LogP contribution in [0.15, 0.2) is 73.2 Å². The summed E-state index contributed by atoms with van der Waals surface area (Å²) in [5, 5.41) is 17.4. The summed E-state index contributed by atoms with van der Waals surface area (Å²) < 4.78 is 44.2. The van der Waals surface area contributed by atoms with Gasteiger partial charge in [-0.1, -0.05) is 28.9 Å². The first-order chi connectivity index (χ1) is 21.8. The van der Waals surface area contributed by atoms with Gasteiger partial charge < -0.3 is 19.1 Å². The molecule has 0 aliphatic heterocycles. The number of ether oxygens (including phenoxy) is 2. The average molecular weight is 632 g/mol. The molecule has 45 heavy (non-hydrogen) atoms. The minimum Gasteiger partial charge on any atom is -0.478 e. The molecule has 0 aliphatic carbocycles. The van der Waals surface area contributed by atoms with Crippen molar-refractivity contribution in [3.63, 3.8) is 0 Å². The van der Waals surface area contributed by atoms with Crippen LogP contribution in [-0.2, 0) is 24.3 Å². The third kappa shape index (κ3) is 6.35. The summed E-state index contributed by atoms with van der Waals surface area (Å²) in [6, 6.07) is 13.5. The van der Waals surface area contributed by atoms with Crippen LogP contribution >= 0.6 is 11.6 Å². The van der Waals surface area contributed by atoms with Gasteiger partial charge in [-0.3, -0.25) is 0 Å². The highest BCUT2D eigenvalue weighted by molar-refractivity contribution is 6.31. The quantitative estimate of drug-likeness (QED) is 0.196. The lowest BCUT2D eigenvalue weighted by atomic mass is 10.1. The molecule has 0 fully saturated rings. The van der Waals surface area contributed by atoms with E-state index in [0.717, 1.165) is 0 Å². The van der Waals surface area contributed by atoms with E-state index in [2.05, 4.69) is 25.3 Å². The van der Waals surface area contributed by atoms with Gasteiger partial charge in [0, 0.05) is 43.5 Å². The van der Waals surface area contributed by atoms with E-state index in [1.165, 1.54) is 41.3 Å². The highest BCUT2D eigenvalue weighted by Gasteiger charge is 2.17. The summed E-state index contributed by atoms with van der Waals surface area (Å²) in [6.07, 6.45) is 4.76. The van der Waals surface area contributed by atoms with Crippen molar-refractivity contribution in [2.24, 2.45) is 0 Å². The van der Waals surface area contributed by atoms with Crippen LogP contribution in [0.2, 0.25) is 5.02 Å². The molecular weight excluding hydrogens is 608 g/mol. The normalized spacial score (nSPS) is 11.3. The fraction of sp³-hybridized carbons (Fsp3) is 0.161. The van der Waals surface area contributed by atoms with Gasteiger partial charge >= 0.3 is 5.97 Å². The Kier molecular flexibility index (Phi) is 8.45. The molecule has 228 valence electrons. The van der Waals surface area contributed by atoms with Crippen molar-refractivity contribution >= 4 is 28.6 Å². The first-order valence-electron chi connectivity index (χ1n) is 13.6. The fourth-order valence-electron chi connectivity index (χ4n) is 4.74. The van der Waals surface area contributed by atoms with Gasteiger partial charge in [0.1, 0.15) is 18.2 Å². The van der Waals surface area contributed by atoms with Crippen molar-refractivity contribution in [1.29, 1.82) is 0 Å². The van der Waals surface area contributed by atoms with Gasteiger partial charge in [0.2, 0.25) is 0 Å². The van der Waals surface area contributed by atoms with Crippen LogP contribution in [0.25, 0.3) is 28.1 Å². The van der Waals surface area contributed by atoms with E-state index in [9.17, 15) is 14.3 Å². The molecule has 4 heterocycles. The topological polar surface area (TPSA) is 130 Å². The van der Waals surface area contributed by atoms with Crippen molar-refractivity contribution in [2.45, 2.75) is 19.6 Å². The van der Waals surface area contributed by atoms with Crippen molar-refractivity contribution in [3.05, 3.63) is 112 Å². The number of carbonyl (C=O) groups is 1. The Morgan fingerprint density at radius 1 is 1.02 bits per heavy atom. The van der Waals surface area contributed by atoms with E-state index >= 15 is 4.39 Å². The van der Waals surface area contributed by atoms with Crippen molar-refractivity contribution in [2.75, 3.05) is 13.7 Å². The predicted octanol–water partition coefficient (Wildman–Crippen LogP) is 5.52. The molecule has 0 unspecified atom stereocenters. The van der Waals surface area contributed by atoms with Crippen molar-refractivity contribution in [3.8, 4) is 23.0 Å². The number of hydrogen-bond donors (Lipinski definition) is 1. The molecule has 6 aromatic rings. The molecule has 11 nitrogen and oxygen atoms in total. The minimum atomic E-state index is -1.05. The number of nitrogens with zero attached hydrogens (tertiary/aromatic N) is 7. The van der Waals surface area contributed by atoms with Gasteiger partial charge in [-0.15, -0.1) is 5.10 Å². The number of benzene rings is 2. The van der Waals surface area contributed by atoms with Crippen molar-refractivity contribution < 1.29 is 28.2 Å². The lowest BCUT2D eigenvalue weighted by molar-refractivity contribution is 0.0697. The molecule has 0 saturated carbocycles. The van der Waals surface area contributed by atoms with E-state index in [0.29, 0.717) is 63.2 Å². The molecule has 2 aromatic carbocycles. The third-order valence-corrected chi connectivity index (χ3v) is 7.39. The Bertz CT molecular complexity index is 2020. The molecule has 0 aliphatic rings. The second-order valence-electron chi connectivity index (χ2n) is 9.92. The number of pyridine rings is 2. The summed E-state index contributed by atoms with van der Waals surface area (Å²) in [6.45, 7) is 0.650. The lowest BCUT2D eigenvalue weighted by Crippen LogP contribution is -2.10. The van der Waals surface area contributed by atoms with E-state index in [-0.39, 0.29) is 24.5 Å². The Morgan fingerprint density at radius 3 is 2.62 bits per heavy atom. The van der Waals surface area contributed by atoms with E-state index in [4.69, 9.17) is 21.1 Å². The molecule has 0 spiro atoms. The van der Waals surface area contributed by atoms with Crippen LogP contribution in [0.3, 0.4) is 0 Å². The summed E-state index contributed by atoms with van der Waals surface area (Å²) in [5.74, 6) is -1.53. The summed E-state index contributed by atoms with van der Waals surface area (Å²) in [7, 11) is 1.56. The molecule has 0 saturated heterocycles. The lowest BCUT2D eigenvalue weighted by Gasteiger charge is -2.12. The Labute approximate surface area is 259 Å². The number of rotatable bonds is 11. The minimum absolute atomic E-state index is 0.109. The van der Waals surface area contributed by atoms with Gasteiger partial charge in [0.15, 0.2) is 11.6 Å². The molecule has 1 N–H and O–H groups in total. The molecule has 4 aromatic heterocycles. The zero-order valence-corrected chi connectivity index (χ0v) is 24.4. The Morgan fingerprint density at radius 2 is 1.89 bits per heavy atom. The maximum atomic E-state index is 15.5. The van der Waals surface area contributed by atoms with Crippen LogP contribution in [0.5, 0.6) is 5.88 Å². The molecule has 0 atom stereocenters. The van der Waals surface area contributed by atoms with Gasteiger partial charge in [0.05, 0.1) is 46.3 Å². The van der Waals surface area contributed by atoms with Crippen LogP contribution in [-0.4, -0.2) is 59.3 Å². The van der Waals surface area contributed by atoms with Crippen molar-refractivity contribution in [1.82, 2.24) is 34.5 Å². The number of carboxylic acids is 1. The zero-order valence-electron chi connectivity index (χ0n) is 23.7. The summed E-state index contributed by atoms with van der Waals surface area (Å²) in [4.78, 5) is 24.7. The number of hydrogen-bond acceptors (Lipinski definition) is 8. The van der Waals surface area contributed by atoms with Gasteiger partial charge in [-0.25, -0.2) is 33.2 Å². The van der Waals surface area contributed by atoms with Gasteiger partial charge in [-0.05, 0) is 42.0 Å². The number of fused-ring (bicyclic) bond motifs is 1. The molecule has 6 rings (SSSR count). The second-order valence-corrected chi connectivity index (χ2v) is 10.3. The predicted molar refractivity (Wildman–Crippen MR) is 159 cm³/mol. The molecule has 14 heteroatoms. The van der Waals surface area contributed by atoms with E-state index in [1.807, 2.05) is 4.57 Å². The first-order valence-corrected chi connectivity index (χ1v) is 14.0. The number of halogens is 3. The highest BCUT2D eigenvalue weighted by Crippen LogP contribution is 2.28. The molecule has 0 bridgehead atoms. The molecule has 0 amide bonds. The van der Waals surface area contributed by atoms with Crippen LogP contribution in [0.4, 0.5) is 8.78 Å². The standard InChI is InChI=1S/C31H24ClF2N7O4/c1-44-11-10-40-27-13-20(31(42)43)4-6-26(27)37-29(40)14-18-2-3-19(12-24(18)34)25-7-5-23(33)30(38-25)45-17-21-16-35-28(15-22(21)32)41-9-8-36-39-41/h2-9,12-13,15-16H,10-11,14,17H2,1H3,(H,42,43). The molecular formula is C31H24ClF2N7O4. The zero-order chi connectivity index (χ0) is 31.5. The molecule has 0 radical (unpaired) electrons. The third-order valence-electron chi connectivity index (χ3n) is 7.04. The Balaban J connectivity index is 1.21. The number of methoxy groups -OCH3 is 1. The van der Waals surface area contributed by atoms with E-state index < -0.39 is 17.6 Å². The number of carboxylic acid groups (broad SMARTS) is 1. The summed E-state index contributed by atoms with van der Waals surface area (Å²) in [5.41, 5.74) is 2.91. The number of aromatic carboxylic acids is 1.